The summed E-state index contributed by atoms with van der Waals surface area (Å²) in [6, 6.07) is 0. The zero-order chi connectivity index (χ0) is 7.99. The van der Waals surface area contributed by atoms with Crippen LogP contribution in [0.15, 0.2) is 0 Å². The van der Waals surface area contributed by atoms with E-state index in [0.717, 1.165) is 0 Å². The first kappa shape index (κ1) is 5.75. The molecule has 0 bridgehead atoms. The van der Waals surface area contributed by atoms with Crippen LogP contribution in [0, 0.1) is 0 Å². The molecule has 0 unspecified atom stereocenters. The summed E-state index contributed by atoms with van der Waals surface area (Å²) in [6.07, 6.45) is 0. The summed E-state index contributed by atoms with van der Waals surface area (Å²) in [5, 5.41) is 0. The van der Waals surface area contributed by atoms with Crippen LogP contribution in [0.4, 0.5) is 0 Å². The predicted octanol–water partition coefficient (Wildman–Crippen LogP) is 0.589. The van der Waals surface area contributed by atoms with E-state index in [1.165, 1.54) is 0 Å². The lowest BCUT2D eigenvalue weighted by molar-refractivity contribution is 0.00578. The standard InChI is InChI=1S/C6H14BO2/c1-5(2)6(3,4)9-7-8-5/h7H2,1-4H3/q-1/i7T. The molecule has 0 radical (unpaired) electrons. The van der Waals surface area contributed by atoms with Gasteiger partial charge in [0, 0.05) is 11.2 Å². The molecule has 1 heterocycles. The predicted molar refractivity (Wildman–Crippen MR) is 38.9 cm³/mol. The molecule has 0 atom stereocenters. The highest BCUT2D eigenvalue weighted by Crippen LogP contribution is 2.33. The van der Waals surface area contributed by atoms with Crippen LogP contribution < -0.4 is 0 Å². The molecular formula is C6H14BO2-. The van der Waals surface area contributed by atoms with Crippen LogP contribution in [-0.4, -0.2) is 20.2 Å². The minimum atomic E-state index is -1.56. The summed E-state index contributed by atoms with van der Waals surface area (Å²) in [5.74, 6) is 0. The van der Waals surface area contributed by atoms with Gasteiger partial charge in [-0.05, 0) is 27.7 Å². The van der Waals surface area contributed by atoms with Gasteiger partial charge in [0.05, 0.1) is 0 Å². The van der Waals surface area contributed by atoms with E-state index in [0.29, 0.717) is 0 Å². The van der Waals surface area contributed by atoms with Crippen LogP contribution in [-0.2, 0) is 9.31 Å². The molecule has 0 N–H and O–H groups in total. The van der Waals surface area contributed by atoms with Gasteiger partial charge in [-0.3, -0.25) is 0 Å². The lowest BCUT2D eigenvalue weighted by atomic mass is 9.90. The van der Waals surface area contributed by atoms with Crippen molar-refractivity contribution in [1.82, 2.24) is 0 Å². The Morgan fingerprint density at radius 2 is 1.44 bits per heavy atom. The molecule has 0 aromatic heterocycles. The van der Waals surface area contributed by atoms with Gasteiger partial charge >= 0.3 is 0 Å². The highest BCUT2D eigenvalue weighted by molar-refractivity contribution is 6.19. The third-order valence-electron chi connectivity index (χ3n) is 2.29. The van der Waals surface area contributed by atoms with Gasteiger partial charge in [0.15, 0.2) is 0 Å². The molecular weight excluding hydrogens is 115 g/mol. The minimum absolute atomic E-state index is 0.311. The Hall–Kier alpha value is -0.0151. The zero-order valence-electron chi connectivity index (χ0n) is 7.52. The van der Waals surface area contributed by atoms with E-state index in [1.807, 2.05) is 27.7 Å². The van der Waals surface area contributed by atoms with Gasteiger partial charge in [-0.2, -0.15) is 1.34 Å². The molecule has 1 aliphatic rings. The third-order valence-corrected chi connectivity index (χ3v) is 2.29. The SMILES string of the molecule is [3H][BH-]1OC(C)(C)C(C)(C)O1. The molecule has 0 spiro atoms. The molecule has 54 valence electrons. The van der Waals surface area contributed by atoms with Crippen molar-refractivity contribution in [3.8, 4) is 0 Å². The van der Waals surface area contributed by atoms with E-state index in [9.17, 15) is 0 Å². The number of hydrogen-bond acceptors (Lipinski definition) is 2. The molecule has 0 aromatic carbocycles. The second-order valence-electron chi connectivity index (χ2n) is 3.43. The Bertz CT molecular complexity index is 131. The van der Waals surface area contributed by atoms with Gasteiger partial charge in [-0.25, -0.2) is 0 Å². The van der Waals surface area contributed by atoms with Gasteiger partial charge in [-0.15, -0.1) is 0 Å². The molecule has 0 saturated carbocycles. The second-order valence-corrected chi connectivity index (χ2v) is 3.43. The summed E-state index contributed by atoms with van der Waals surface area (Å²) in [4.78, 5) is 0. The van der Waals surface area contributed by atoms with Gasteiger partial charge in [0.2, 0.25) is 7.65 Å². The van der Waals surface area contributed by atoms with E-state index in [-0.39, 0.29) is 11.2 Å². The fourth-order valence-electron chi connectivity index (χ4n) is 0.672. The molecule has 0 aliphatic carbocycles. The molecule has 1 aliphatic heterocycles. The lowest BCUT2D eigenvalue weighted by Crippen LogP contribution is -2.41. The molecule has 1 saturated heterocycles. The van der Waals surface area contributed by atoms with Crippen LogP contribution in [0.2, 0.25) is 0 Å². The first-order valence-electron chi connectivity index (χ1n) is 3.94. The summed E-state index contributed by atoms with van der Waals surface area (Å²) in [7, 11) is -1.56. The van der Waals surface area contributed by atoms with Crippen molar-refractivity contribution in [2.24, 2.45) is 0 Å². The number of rotatable bonds is 0. The first-order chi connectivity index (χ1) is 4.35. The molecule has 0 amide bonds. The quantitative estimate of drug-likeness (QED) is 0.448. The largest absolute Gasteiger partial charge is 0.566 e. The van der Waals surface area contributed by atoms with E-state index in [1.54, 1.807) is 0 Å². The molecule has 1 fully saturated rings. The maximum atomic E-state index is 7.28. The van der Waals surface area contributed by atoms with Crippen molar-refractivity contribution in [3.63, 3.8) is 0 Å². The van der Waals surface area contributed by atoms with Crippen LogP contribution in [0.3, 0.4) is 0 Å². The normalized spacial score (nSPS) is 34.4. The van der Waals surface area contributed by atoms with Crippen LogP contribution >= 0.6 is 0 Å². The Morgan fingerprint density at radius 3 is 1.56 bits per heavy atom. The van der Waals surface area contributed by atoms with Gasteiger partial charge < -0.3 is 9.31 Å². The first-order valence-corrected chi connectivity index (χ1v) is 3.24. The van der Waals surface area contributed by atoms with Crippen molar-refractivity contribution in [1.29, 1.82) is 1.34 Å². The lowest BCUT2D eigenvalue weighted by Gasteiger charge is -2.37. The van der Waals surface area contributed by atoms with Crippen molar-refractivity contribution in [3.05, 3.63) is 0 Å². The average molecular weight is 131 g/mol. The van der Waals surface area contributed by atoms with Crippen molar-refractivity contribution in [2.75, 3.05) is 0 Å². The van der Waals surface area contributed by atoms with Crippen molar-refractivity contribution in [2.45, 2.75) is 38.9 Å². The topological polar surface area (TPSA) is 18.5 Å². The summed E-state index contributed by atoms with van der Waals surface area (Å²) >= 11 is 0. The Labute approximate surface area is 58.2 Å². The maximum Gasteiger partial charge on any atom is 0.211 e. The van der Waals surface area contributed by atoms with Crippen molar-refractivity contribution >= 4 is 7.65 Å². The van der Waals surface area contributed by atoms with Crippen LogP contribution in [0.1, 0.15) is 27.7 Å². The molecule has 9 heavy (non-hydrogen) atoms. The smallest absolute Gasteiger partial charge is 0.211 e. The summed E-state index contributed by atoms with van der Waals surface area (Å²) in [6.45, 7) is 7.81. The van der Waals surface area contributed by atoms with E-state index < -0.39 is 7.65 Å². The fourth-order valence-corrected chi connectivity index (χ4v) is 0.672. The van der Waals surface area contributed by atoms with Crippen LogP contribution in [0.25, 0.3) is 0 Å². The van der Waals surface area contributed by atoms with E-state index >= 15 is 0 Å². The Kier molecular flexibility index (Phi) is 1.11. The van der Waals surface area contributed by atoms with Gasteiger partial charge in [0.1, 0.15) is 0 Å². The third kappa shape index (κ3) is 0.991. The second kappa shape index (κ2) is 1.73. The van der Waals surface area contributed by atoms with E-state index in [4.69, 9.17) is 10.6 Å². The highest BCUT2D eigenvalue weighted by atomic mass is 16.7. The average Bonchev–Trinajstić information content (AvgIpc) is 1.73. The summed E-state index contributed by atoms with van der Waals surface area (Å²) < 4.78 is 17.9. The minimum Gasteiger partial charge on any atom is -0.566 e. The Balaban J connectivity index is 2.78. The van der Waals surface area contributed by atoms with E-state index in [2.05, 4.69) is 0 Å². The molecule has 1 rings (SSSR count). The monoisotopic (exact) mass is 131 g/mol. The van der Waals surface area contributed by atoms with Crippen molar-refractivity contribution < 1.29 is 9.31 Å². The highest BCUT2D eigenvalue weighted by Gasteiger charge is 2.38. The molecule has 3 heteroatoms. The van der Waals surface area contributed by atoms with Crippen LogP contribution in [0.5, 0.6) is 0 Å². The molecule has 0 aromatic rings. The Morgan fingerprint density at radius 1 is 1.11 bits per heavy atom. The summed E-state index contributed by atoms with van der Waals surface area (Å²) in [5.41, 5.74) is -0.622. The zero-order valence-corrected chi connectivity index (χ0v) is 6.52. The van der Waals surface area contributed by atoms with Gasteiger partial charge in [0.25, 0.3) is 0 Å². The fraction of sp³-hybridized carbons (Fsp3) is 1.00. The maximum absolute atomic E-state index is 7.28. The molecule has 2 nitrogen and oxygen atoms in total. The number of hydrogen-bond donors (Lipinski definition) is 0. The van der Waals surface area contributed by atoms with Gasteiger partial charge in [-0.1, -0.05) is 0 Å².